The van der Waals surface area contributed by atoms with Gasteiger partial charge in [0.25, 0.3) is 0 Å². The second kappa shape index (κ2) is 15.8. The number of para-hydroxylation sites is 2. The number of ether oxygens (including phenoxy) is 3. The molecular weight excluding hydrogens is 733 g/mol. The summed E-state index contributed by atoms with van der Waals surface area (Å²) in [5.74, 6) is -0.845. The maximum Gasteiger partial charge on any atom is 0.310 e. The smallest absolute Gasteiger partial charge is 0.310 e. The van der Waals surface area contributed by atoms with Gasteiger partial charge in [-0.25, -0.2) is 0 Å². The maximum absolute atomic E-state index is 13.8. The Morgan fingerprint density at radius 2 is 1.47 bits per heavy atom. The predicted molar refractivity (Wildman–Crippen MR) is 221 cm³/mol. The number of nitrogens with one attached hydrogen (secondary N) is 2. The highest BCUT2D eigenvalue weighted by atomic mass is 16.6. The lowest BCUT2D eigenvalue weighted by molar-refractivity contribution is -0.178. The second-order valence-electron chi connectivity index (χ2n) is 19.3. The fourth-order valence-corrected chi connectivity index (χ4v) is 12.5. The van der Waals surface area contributed by atoms with Crippen LogP contribution < -0.4 is 0 Å². The van der Waals surface area contributed by atoms with Gasteiger partial charge in [-0.05, 0) is 114 Å². The summed E-state index contributed by atoms with van der Waals surface area (Å²) >= 11 is 0. The van der Waals surface area contributed by atoms with Crippen molar-refractivity contribution in [3.05, 3.63) is 72.1 Å². The van der Waals surface area contributed by atoms with Crippen molar-refractivity contribution in [1.82, 2.24) is 9.97 Å². The van der Waals surface area contributed by atoms with Crippen molar-refractivity contribution >= 4 is 39.7 Å². The maximum atomic E-state index is 13.8. The molecule has 0 spiro atoms. The molecule has 4 N–H and O–H groups in total. The molecule has 1 aliphatic heterocycles. The van der Waals surface area contributed by atoms with E-state index in [0.29, 0.717) is 13.0 Å². The third kappa shape index (κ3) is 7.16. The molecule has 3 saturated carbocycles. The Hall–Kier alpha value is -4.15. The highest BCUT2D eigenvalue weighted by Crippen LogP contribution is 2.66. The van der Waals surface area contributed by atoms with Crippen molar-refractivity contribution < 1.29 is 38.8 Å². The molecule has 4 aromatic rings. The molecule has 58 heavy (non-hydrogen) atoms. The summed E-state index contributed by atoms with van der Waals surface area (Å²) in [6, 6.07) is 15.8. The Bertz CT molecular complexity index is 2140. The Morgan fingerprint density at radius 3 is 2.10 bits per heavy atom. The molecule has 10 heteroatoms. The van der Waals surface area contributed by atoms with E-state index < -0.39 is 41.7 Å². The third-order valence-corrected chi connectivity index (χ3v) is 16.1. The number of esters is 3. The van der Waals surface area contributed by atoms with Crippen LogP contribution in [0.4, 0.5) is 0 Å². The van der Waals surface area contributed by atoms with E-state index in [1.54, 1.807) is 0 Å². The molecule has 2 aromatic carbocycles. The lowest BCUT2D eigenvalue weighted by Gasteiger charge is -2.56. The average Bonchev–Trinajstić information content (AvgIpc) is 3.89. The van der Waals surface area contributed by atoms with Crippen LogP contribution in [0.25, 0.3) is 21.8 Å². The van der Waals surface area contributed by atoms with E-state index in [1.807, 2.05) is 67.8 Å². The van der Waals surface area contributed by atoms with Crippen LogP contribution in [0.2, 0.25) is 0 Å². The van der Waals surface area contributed by atoms with Gasteiger partial charge in [0, 0.05) is 34.2 Å². The fraction of sp³-hybridized carbons (Fsp3) is 0.604. The number of H-pyrrole nitrogens is 2. The highest BCUT2D eigenvalue weighted by Gasteiger charge is 2.63. The Kier molecular flexibility index (Phi) is 11.1. The van der Waals surface area contributed by atoms with Crippen molar-refractivity contribution in [2.45, 2.75) is 117 Å². The van der Waals surface area contributed by atoms with Crippen LogP contribution in [0.3, 0.4) is 0 Å². The molecule has 4 fully saturated rings. The molecule has 0 amide bonds. The monoisotopic (exact) mass is 794 g/mol. The van der Waals surface area contributed by atoms with Gasteiger partial charge in [-0.3, -0.25) is 14.4 Å². The first kappa shape index (κ1) is 40.6. The standard InChI is InChI=1S/C48H62N2O8/c1-26(2)27(3)44(54)45(58-43(53)20-30-24-50-39-14-10-8-12-32(30)39)28(4)34-15-16-35-33-25-56-46(55)37-21-40(51)41(22-48(37,6)36(33)17-18-47(34,35)5)57-42(52)19-29-23-49-38-13-9-7-11-31(29)38/h7-14,23-24,26-28,33-37,40-41,44-45,49-51,54H,15-22,25H2,1-6H3/t27-,28+,33+,34-,35+,36+,37-,40+,41-,44+,45+,47-,48-/m1/s1. The minimum absolute atomic E-state index is 0.0849. The molecule has 3 heterocycles. The van der Waals surface area contributed by atoms with Crippen LogP contribution in [0.15, 0.2) is 60.9 Å². The third-order valence-electron chi connectivity index (χ3n) is 16.1. The zero-order valence-electron chi connectivity index (χ0n) is 34.9. The summed E-state index contributed by atoms with van der Waals surface area (Å²) < 4.78 is 18.6. The normalized spacial score (nSPS) is 33.0. The van der Waals surface area contributed by atoms with Crippen LogP contribution >= 0.6 is 0 Å². The lowest BCUT2D eigenvalue weighted by atomic mass is 9.48. The zero-order chi connectivity index (χ0) is 41.1. The molecule has 8 rings (SSSR count). The summed E-state index contributed by atoms with van der Waals surface area (Å²) in [7, 11) is 0. The van der Waals surface area contributed by atoms with Gasteiger partial charge in [0.05, 0.1) is 37.6 Å². The predicted octanol–water partition coefficient (Wildman–Crippen LogP) is 7.94. The van der Waals surface area contributed by atoms with E-state index in [9.17, 15) is 24.6 Å². The van der Waals surface area contributed by atoms with Gasteiger partial charge >= 0.3 is 17.9 Å². The number of hydrogen-bond acceptors (Lipinski definition) is 8. The lowest BCUT2D eigenvalue weighted by Crippen LogP contribution is -2.55. The number of hydrogen-bond donors (Lipinski definition) is 4. The molecule has 2 aromatic heterocycles. The first-order valence-corrected chi connectivity index (χ1v) is 21.7. The summed E-state index contributed by atoms with van der Waals surface area (Å²) in [5, 5.41) is 25.3. The highest BCUT2D eigenvalue weighted by molar-refractivity contribution is 5.88. The Balaban J connectivity index is 1.00. The van der Waals surface area contributed by atoms with Crippen LogP contribution in [0, 0.1) is 58.2 Å². The molecular formula is C48H62N2O8. The summed E-state index contributed by atoms with van der Waals surface area (Å²) in [6.07, 6.45) is 4.96. The van der Waals surface area contributed by atoms with Crippen molar-refractivity contribution in [3.8, 4) is 0 Å². The van der Waals surface area contributed by atoms with E-state index in [0.717, 1.165) is 58.6 Å². The number of carbonyl (C=O) groups excluding carboxylic acids is 3. The quantitative estimate of drug-likeness (QED) is 0.0883. The van der Waals surface area contributed by atoms with Crippen molar-refractivity contribution in [2.24, 2.45) is 58.2 Å². The SMILES string of the molecule is CC(C)[C@@H](C)[C@H](O)[C@@H](OC(=O)Cc1c[nH]c2ccccc12)[C@@H](C)[C@H]1CC[C@H]2[C@@H]3COC(=O)[C@H]4C[C@H](O)[C@H](OC(=O)Cc5c[nH]c6ccccc56)C[C@]4(C)[C@H]3CC[C@]12C. The topological polar surface area (TPSA) is 151 Å². The van der Waals surface area contributed by atoms with Gasteiger partial charge in [-0.1, -0.05) is 77.9 Å². The van der Waals surface area contributed by atoms with E-state index in [1.165, 1.54) is 0 Å². The van der Waals surface area contributed by atoms with Gasteiger partial charge in [0.1, 0.15) is 12.2 Å². The number of carbonyl (C=O) groups is 3. The van der Waals surface area contributed by atoms with Gasteiger partial charge in [0.2, 0.25) is 0 Å². The molecule has 3 aliphatic carbocycles. The number of cyclic esters (lactones) is 1. The molecule has 1 saturated heterocycles. The van der Waals surface area contributed by atoms with E-state index in [-0.39, 0.29) is 78.0 Å². The molecule has 13 atom stereocenters. The second-order valence-corrected chi connectivity index (χ2v) is 19.3. The van der Waals surface area contributed by atoms with Gasteiger partial charge in [0.15, 0.2) is 0 Å². The number of benzene rings is 2. The number of aromatic nitrogens is 2. The van der Waals surface area contributed by atoms with Gasteiger partial charge < -0.3 is 34.4 Å². The van der Waals surface area contributed by atoms with Crippen LogP contribution in [0.1, 0.15) is 91.2 Å². The van der Waals surface area contributed by atoms with Crippen LogP contribution in [0.5, 0.6) is 0 Å². The molecule has 0 radical (unpaired) electrons. The Labute approximate surface area is 341 Å². The molecule has 0 unspecified atom stereocenters. The van der Waals surface area contributed by atoms with E-state index in [4.69, 9.17) is 14.2 Å². The van der Waals surface area contributed by atoms with E-state index >= 15 is 0 Å². The van der Waals surface area contributed by atoms with E-state index in [2.05, 4.69) is 44.6 Å². The first-order valence-electron chi connectivity index (χ1n) is 21.7. The zero-order valence-corrected chi connectivity index (χ0v) is 34.9. The molecule has 0 bridgehead atoms. The van der Waals surface area contributed by atoms with Gasteiger partial charge in [-0.15, -0.1) is 0 Å². The number of rotatable bonds is 11. The largest absolute Gasteiger partial charge is 0.465 e. The number of aliphatic hydroxyl groups is 2. The molecule has 312 valence electrons. The Morgan fingerprint density at radius 1 is 0.862 bits per heavy atom. The van der Waals surface area contributed by atoms with Gasteiger partial charge in [-0.2, -0.15) is 0 Å². The minimum atomic E-state index is -0.963. The van der Waals surface area contributed by atoms with Crippen molar-refractivity contribution in [3.63, 3.8) is 0 Å². The number of fused-ring (bicyclic) bond motifs is 7. The van der Waals surface area contributed by atoms with Crippen LogP contribution in [-0.4, -0.2) is 69.1 Å². The van der Waals surface area contributed by atoms with Crippen molar-refractivity contribution in [2.75, 3.05) is 6.61 Å². The average molecular weight is 795 g/mol. The fourth-order valence-electron chi connectivity index (χ4n) is 12.5. The number of aliphatic hydroxyl groups excluding tert-OH is 2. The van der Waals surface area contributed by atoms with Crippen LogP contribution in [-0.2, 0) is 41.4 Å². The minimum Gasteiger partial charge on any atom is -0.465 e. The molecule has 4 aliphatic rings. The summed E-state index contributed by atoms with van der Waals surface area (Å²) in [4.78, 5) is 47.5. The first-order chi connectivity index (χ1) is 27.7. The van der Waals surface area contributed by atoms with Crippen molar-refractivity contribution in [1.29, 1.82) is 0 Å². The summed E-state index contributed by atoms with van der Waals surface area (Å²) in [5.41, 5.74) is 2.98. The number of aromatic amines is 2. The molecule has 10 nitrogen and oxygen atoms in total. The summed E-state index contributed by atoms with van der Waals surface area (Å²) in [6.45, 7) is 13.3.